The van der Waals surface area contributed by atoms with Crippen molar-refractivity contribution in [3.8, 4) is 11.8 Å². The van der Waals surface area contributed by atoms with Gasteiger partial charge in [-0.25, -0.2) is 4.79 Å². The van der Waals surface area contributed by atoms with Gasteiger partial charge in [0.1, 0.15) is 24.0 Å². The van der Waals surface area contributed by atoms with Crippen LogP contribution in [0.3, 0.4) is 0 Å². The second kappa shape index (κ2) is 9.71. The van der Waals surface area contributed by atoms with Crippen molar-refractivity contribution in [3.05, 3.63) is 101 Å². The van der Waals surface area contributed by atoms with Crippen molar-refractivity contribution in [2.45, 2.75) is 6.61 Å². The standard InChI is InChI=1S/C24H18N2O4/c25-15-20(23(27)26-21-10-8-19(9-11-21)24(28)29)14-17-6-12-22(13-7-17)30-16-18-4-2-1-3-5-18/h1-14H,16H2,(H,26,27)(H,28,29)/b20-14+. The Balaban J connectivity index is 1.63. The van der Waals surface area contributed by atoms with Gasteiger partial charge in [-0.15, -0.1) is 0 Å². The summed E-state index contributed by atoms with van der Waals surface area (Å²) in [4.78, 5) is 23.2. The van der Waals surface area contributed by atoms with Crippen molar-refractivity contribution in [1.29, 1.82) is 5.26 Å². The number of aromatic carboxylic acids is 1. The molecule has 3 rings (SSSR count). The van der Waals surface area contributed by atoms with Crippen LogP contribution in [0.2, 0.25) is 0 Å². The normalized spacial score (nSPS) is 10.7. The number of hydrogen-bond donors (Lipinski definition) is 2. The van der Waals surface area contributed by atoms with Crippen LogP contribution in [-0.4, -0.2) is 17.0 Å². The molecule has 0 radical (unpaired) electrons. The van der Waals surface area contributed by atoms with Gasteiger partial charge in [-0.2, -0.15) is 5.26 Å². The van der Waals surface area contributed by atoms with Crippen molar-refractivity contribution in [1.82, 2.24) is 0 Å². The molecule has 3 aromatic carbocycles. The lowest BCUT2D eigenvalue weighted by Gasteiger charge is -2.07. The highest BCUT2D eigenvalue weighted by atomic mass is 16.5. The highest BCUT2D eigenvalue weighted by molar-refractivity contribution is 6.09. The lowest BCUT2D eigenvalue weighted by molar-refractivity contribution is -0.112. The molecule has 0 fully saturated rings. The average Bonchev–Trinajstić information content (AvgIpc) is 2.78. The summed E-state index contributed by atoms with van der Waals surface area (Å²) >= 11 is 0. The van der Waals surface area contributed by atoms with E-state index in [-0.39, 0.29) is 11.1 Å². The van der Waals surface area contributed by atoms with Crippen molar-refractivity contribution < 1.29 is 19.4 Å². The van der Waals surface area contributed by atoms with Crippen LogP contribution in [0, 0.1) is 11.3 Å². The fraction of sp³-hybridized carbons (Fsp3) is 0.0417. The Bertz CT molecular complexity index is 1100. The Morgan fingerprint density at radius 2 is 1.63 bits per heavy atom. The van der Waals surface area contributed by atoms with E-state index in [9.17, 15) is 14.9 Å². The van der Waals surface area contributed by atoms with E-state index in [1.54, 1.807) is 24.3 Å². The van der Waals surface area contributed by atoms with E-state index in [2.05, 4.69) is 5.32 Å². The fourth-order valence-corrected chi connectivity index (χ4v) is 2.61. The largest absolute Gasteiger partial charge is 0.489 e. The van der Waals surface area contributed by atoms with E-state index in [1.165, 1.54) is 30.3 Å². The minimum Gasteiger partial charge on any atom is -0.489 e. The quantitative estimate of drug-likeness (QED) is 0.451. The summed E-state index contributed by atoms with van der Waals surface area (Å²) < 4.78 is 5.72. The monoisotopic (exact) mass is 398 g/mol. The molecule has 2 N–H and O–H groups in total. The molecule has 3 aromatic rings. The first-order chi connectivity index (χ1) is 14.5. The van der Waals surface area contributed by atoms with Gasteiger partial charge in [-0.05, 0) is 53.6 Å². The molecular formula is C24H18N2O4. The molecule has 0 aliphatic rings. The van der Waals surface area contributed by atoms with Gasteiger partial charge in [0.2, 0.25) is 0 Å². The van der Waals surface area contributed by atoms with Crippen molar-refractivity contribution >= 4 is 23.6 Å². The van der Waals surface area contributed by atoms with Gasteiger partial charge in [-0.3, -0.25) is 4.79 Å². The minimum atomic E-state index is -1.05. The van der Waals surface area contributed by atoms with Crippen LogP contribution in [0.4, 0.5) is 5.69 Å². The molecule has 0 saturated heterocycles. The Morgan fingerprint density at radius 3 is 2.23 bits per heavy atom. The number of carboxylic acids is 1. The van der Waals surface area contributed by atoms with Crippen LogP contribution in [0.5, 0.6) is 5.75 Å². The van der Waals surface area contributed by atoms with Crippen molar-refractivity contribution in [3.63, 3.8) is 0 Å². The summed E-state index contributed by atoms with van der Waals surface area (Å²) in [6.07, 6.45) is 1.47. The van der Waals surface area contributed by atoms with Gasteiger partial charge < -0.3 is 15.2 Å². The van der Waals surface area contributed by atoms with Gasteiger partial charge >= 0.3 is 5.97 Å². The molecule has 0 unspecified atom stereocenters. The predicted molar refractivity (Wildman–Crippen MR) is 113 cm³/mol. The van der Waals surface area contributed by atoms with E-state index >= 15 is 0 Å². The summed E-state index contributed by atoms with van der Waals surface area (Å²) in [6.45, 7) is 0.447. The van der Waals surface area contributed by atoms with E-state index in [0.29, 0.717) is 23.6 Å². The van der Waals surface area contributed by atoms with E-state index < -0.39 is 11.9 Å². The number of nitriles is 1. The third-order valence-corrected chi connectivity index (χ3v) is 4.19. The smallest absolute Gasteiger partial charge is 0.335 e. The number of nitrogens with zero attached hydrogens (tertiary/aromatic N) is 1. The number of carbonyl (C=O) groups is 2. The number of carboxylic acid groups (broad SMARTS) is 1. The number of anilines is 1. The van der Waals surface area contributed by atoms with Crippen LogP contribution in [0.15, 0.2) is 84.4 Å². The number of amides is 1. The molecule has 0 atom stereocenters. The summed E-state index contributed by atoms with van der Waals surface area (Å²) in [5, 5.41) is 20.8. The second-order valence-electron chi connectivity index (χ2n) is 6.35. The number of nitrogens with one attached hydrogen (secondary N) is 1. The molecule has 0 saturated carbocycles. The van der Waals surface area contributed by atoms with Crippen LogP contribution < -0.4 is 10.1 Å². The zero-order valence-corrected chi connectivity index (χ0v) is 15.9. The lowest BCUT2D eigenvalue weighted by Crippen LogP contribution is -2.13. The van der Waals surface area contributed by atoms with Gasteiger partial charge in [0.25, 0.3) is 5.91 Å². The highest BCUT2D eigenvalue weighted by Crippen LogP contribution is 2.17. The maximum absolute atomic E-state index is 12.4. The first-order valence-corrected chi connectivity index (χ1v) is 9.08. The summed E-state index contributed by atoms with van der Waals surface area (Å²) in [5.74, 6) is -0.954. The number of benzene rings is 3. The fourth-order valence-electron chi connectivity index (χ4n) is 2.61. The van der Waals surface area contributed by atoms with Crippen molar-refractivity contribution in [2.24, 2.45) is 0 Å². The van der Waals surface area contributed by atoms with E-state index in [0.717, 1.165) is 5.56 Å². The molecule has 0 aliphatic carbocycles. The number of carbonyl (C=O) groups excluding carboxylic acids is 1. The van der Waals surface area contributed by atoms with E-state index in [1.807, 2.05) is 36.4 Å². The number of rotatable bonds is 7. The Hall–Kier alpha value is -4.37. The molecule has 0 aromatic heterocycles. The lowest BCUT2D eigenvalue weighted by atomic mass is 10.1. The third kappa shape index (κ3) is 5.57. The summed E-state index contributed by atoms with van der Waals surface area (Å²) in [5.41, 5.74) is 2.17. The summed E-state index contributed by atoms with van der Waals surface area (Å²) in [7, 11) is 0. The molecule has 6 nitrogen and oxygen atoms in total. The van der Waals surface area contributed by atoms with Gasteiger partial charge in [0.15, 0.2) is 0 Å². The molecule has 0 bridgehead atoms. The van der Waals surface area contributed by atoms with Crippen LogP contribution in [-0.2, 0) is 11.4 Å². The second-order valence-corrected chi connectivity index (χ2v) is 6.35. The van der Waals surface area contributed by atoms with Gasteiger partial charge in [0, 0.05) is 5.69 Å². The number of hydrogen-bond acceptors (Lipinski definition) is 4. The minimum absolute atomic E-state index is 0.0738. The highest BCUT2D eigenvalue weighted by Gasteiger charge is 2.10. The third-order valence-electron chi connectivity index (χ3n) is 4.19. The molecule has 148 valence electrons. The zero-order chi connectivity index (χ0) is 21.3. The van der Waals surface area contributed by atoms with Crippen molar-refractivity contribution in [2.75, 3.05) is 5.32 Å². The average molecular weight is 398 g/mol. The Labute approximate surface area is 173 Å². The molecule has 6 heteroatoms. The maximum atomic E-state index is 12.4. The number of ether oxygens (including phenoxy) is 1. The first kappa shape index (κ1) is 20.4. The molecule has 0 aliphatic heterocycles. The first-order valence-electron chi connectivity index (χ1n) is 9.08. The molecule has 30 heavy (non-hydrogen) atoms. The molecular weight excluding hydrogens is 380 g/mol. The molecule has 0 heterocycles. The Kier molecular flexibility index (Phi) is 6.59. The topological polar surface area (TPSA) is 99.4 Å². The van der Waals surface area contributed by atoms with Gasteiger partial charge in [0.05, 0.1) is 5.56 Å². The van der Waals surface area contributed by atoms with Crippen LogP contribution >= 0.6 is 0 Å². The Morgan fingerprint density at radius 1 is 0.967 bits per heavy atom. The van der Waals surface area contributed by atoms with Crippen LogP contribution in [0.25, 0.3) is 6.08 Å². The predicted octanol–water partition coefficient (Wildman–Crippen LogP) is 4.51. The molecule has 0 spiro atoms. The van der Waals surface area contributed by atoms with Gasteiger partial charge in [-0.1, -0.05) is 42.5 Å². The van der Waals surface area contributed by atoms with E-state index in [4.69, 9.17) is 9.84 Å². The zero-order valence-electron chi connectivity index (χ0n) is 15.9. The SMILES string of the molecule is N#C/C(=C\c1ccc(OCc2ccccc2)cc1)C(=O)Nc1ccc(C(=O)O)cc1. The molecule has 1 amide bonds. The summed E-state index contributed by atoms with van der Waals surface area (Å²) in [6, 6.07) is 24.4. The maximum Gasteiger partial charge on any atom is 0.335 e. The van der Waals surface area contributed by atoms with Crippen LogP contribution in [0.1, 0.15) is 21.5 Å².